The zero-order valence-electron chi connectivity index (χ0n) is 11.1. The van der Waals surface area contributed by atoms with Crippen molar-refractivity contribution in [1.82, 2.24) is 5.32 Å². The van der Waals surface area contributed by atoms with Crippen LogP contribution < -0.4 is 5.32 Å². The number of amides is 1. The van der Waals surface area contributed by atoms with E-state index < -0.39 is 0 Å². The van der Waals surface area contributed by atoms with E-state index in [1.807, 2.05) is 0 Å². The van der Waals surface area contributed by atoms with Gasteiger partial charge in [0, 0.05) is 18.9 Å². The van der Waals surface area contributed by atoms with E-state index in [4.69, 9.17) is 0 Å². The molecular formula is C14H22N2O2. The van der Waals surface area contributed by atoms with Crippen LogP contribution in [0.2, 0.25) is 0 Å². The highest BCUT2D eigenvalue weighted by Crippen LogP contribution is 2.51. The fraction of sp³-hybridized carbons (Fsp3) is 0.857. The molecule has 4 nitrogen and oxygen atoms in total. The van der Waals surface area contributed by atoms with Crippen LogP contribution in [0.3, 0.4) is 0 Å². The van der Waals surface area contributed by atoms with E-state index in [1.54, 1.807) is 7.05 Å². The van der Waals surface area contributed by atoms with Gasteiger partial charge in [-0.05, 0) is 37.0 Å². The molecule has 3 fully saturated rings. The summed E-state index contributed by atoms with van der Waals surface area (Å²) in [6.07, 6.45) is 3.78. The van der Waals surface area contributed by atoms with Gasteiger partial charge in [-0.15, -0.1) is 0 Å². The van der Waals surface area contributed by atoms with Crippen LogP contribution in [0.4, 0.5) is 0 Å². The van der Waals surface area contributed by atoms with Crippen LogP contribution in [0.25, 0.3) is 0 Å². The Balaban J connectivity index is 1.98. The zero-order valence-corrected chi connectivity index (χ0v) is 11.1. The van der Waals surface area contributed by atoms with Gasteiger partial charge in [-0.2, -0.15) is 0 Å². The van der Waals surface area contributed by atoms with Gasteiger partial charge < -0.3 is 10.4 Å². The first kappa shape index (κ1) is 12.2. The fourth-order valence-electron chi connectivity index (χ4n) is 4.50. The first-order valence-electron chi connectivity index (χ1n) is 7.09. The smallest absolute Gasteiger partial charge is 0.228 e. The molecule has 1 aliphatic heterocycles. The molecule has 0 radical (unpaired) electrons. The summed E-state index contributed by atoms with van der Waals surface area (Å²) in [7, 11) is 1.76. The first-order valence-corrected chi connectivity index (χ1v) is 7.09. The first-order chi connectivity index (χ1) is 8.63. The Kier molecular flexibility index (Phi) is 2.93. The Hall–Kier alpha value is -0.900. The fourth-order valence-corrected chi connectivity index (χ4v) is 4.50. The van der Waals surface area contributed by atoms with Crippen LogP contribution in [-0.4, -0.2) is 30.0 Å². The summed E-state index contributed by atoms with van der Waals surface area (Å²) in [6.45, 7) is 2.14. The monoisotopic (exact) mass is 250 g/mol. The minimum absolute atomic E-state index is 0.00278. The average Bonchev–Trinajstić information content (AvgIpc) is 2.38. The van der Waals surface area contributed by atoms with Gasteiger partial charge >= 0.3 is 0 Å². The Bertz CT molecular complexity index is 393. The number of nitrogens with one attached hydrogen (secondary N) is 1. The van der Waals surface area contributed by atoms with Gasteiger partial charge in [0.2, 0.25) is 5.91 Å². The Labute approximate surface area is 108 Å². The number of hydrogen-bond acceptors (Lipinski definition) is 3. The second-order valence-corrected chi connectivity index (χ2v) is 6.15. The van der Waals surface area contributed by atoms with E-state index >= 15 is 0 Å². The van der Waals surface area contributed by atoms with Crippen LogP contribution >= 0.6 is 0 Å². The van der Waals surface area contributed by atoms with Crippen molar-refractivity contribution in [2.75, 3.05) is 7.05 Å². The summed E-state index contributed by atoms with van der Waals surface area (Å²) in [5, 5.41) is 13.1. The van der Waals surface area contributed by atoms with Gasteiger partial charge in [0.1, 0.15) is 5.84 Å². The second-order valence-electron chi connectivity index (χ2n) is 6.15. The van der Waals surface area contributed by atoms with E-state index in [-0.39, 0.29) is 17.9 Å². The van der Waals surface area contributed by atoms with Crippen molar-refractivity contribution in [1.29, 1.82) is 0 Å². The average molecular weight is 250 g/mol. The molecule has 6 atom stereocenters. The lowest BCUT2D eigenvalue weighted by Crippen LogP contribution is -2.59. The van der Waals surface area contributed by atoms with Crippen molar-refractivity contribution in [3.05, 3.63) is 0 Å². The third kappa shape index (κ3) is 1.62. The van der Waals surface area contributed by atoms with Gasteiger partial charge in [0.25, 0.3) is 0 Å². The molecule has 0 aromatic rings. The number of aliphatic hydroxyl groups is 1. The Morgan fingerprint density at radius 2 is 2.11 bits per heavy atom. The number of aliphatic hydroxyl groups excluding tert-OH is 1. The lowest BCUT2D eigenvalue weighted by Gasteiger charge is -2.52. The lowest BCUT2D eigenvalue weighted by molar-refractivity contribution is -0.138. The number of aliphatic imine (C=N–C) groups is 1. The van der Waals surface area contributed by atoms with Crippen molar-refractivity contribution in [2.45, 2.75) is 38.7 Å². The molecule has 2 N–H and O–H groups in total. The predicted molar refractivity (Wildman–Crippen MR) is 69.1 cm³/mol. The van der Waals surface area contributed by atoms with E-state index in [9.17, 15) is 9.90 Å². The van der Waals surface area contributed by atoms with Crippen LogP contribution in [0.15, 0.2) is 4.99 Å². The van der Waals surface area contributed by atoms with Crippen molar-refractivity contribution in [2.24, 2.45) is 34.6 Å². The van der Waals surface area contributed by atoms with Gasteiger partial charge in [-0.3, -0.25) is 9.79 Å². The summed E-state index contributed by atoms with van der Waals surface area (Å²) in [4.78, 5) is 16.5. The zero-order chi connectivity index (χ0) is 12.9. The van der Waals surface area contributed by atoms with Crippen molar-refractivity contribution in [3.8, 4) is 0 Å². The van der Waals surface area contributed by atoms with Gasteiger partial charge in [-0.1, -0.05) is 13.3 Å². The van der Waals surface area contributed by atoms with Crippen molar-refractivity contribution in [3.63, 3.8) is 0 Å². The highest BCUT2D eigenvalue weighted by atomic mass is 16.3. The van der Waals surface area contributed by atoms with Crippen LogP contribution in [0, 0.1) is 29.6 Å². The second kappa shape index (κ2) is 4.34. The molecule has 0 aromatic carbocycles. The highest BCUT2D eigenvalue weighted by Gasteiger charge is 2.53. The number of carbonyl (C=O) groups is 1. The summed E-state index contributed by atoms with van der Waals surface area (Å²) < 4.78 is 0. The molecule has 6 unspecified atom stereocenters. The Morgan fingerprint density at radius 3 is 2.83 bits per heavy atom. The minimum atomic E-state index is -0.319. The normalized spacial score (nSPS) is 49.7. The van der Waals surface area contributed by atoms with Crippen LogP contribution in [0.1, 0.15) is 32.6 Å². The SMILES string of the molecule is CN=C1NC(=O)C2CC(O)C(C)C3CCCC1C23. The Morgan fingerprint density at radius 1 is 1.33 bits per heavy atom. The lowest BCUT2D eigenvalue weighted by atomic mass is 9.55. The van der Waals surface area contributed by atoms with E-state index in [0.717, 1.165) is 18.7 Å². The topological polar surface area (TPSA) is 61.7 Å². The highest BCUT2D eigenvalue weighted by molar-refractivity contribution is 6.03. The van der Waals surface area contributed by atoms with E-state index in [2.05, 4.69) is 17.2 Å². The van der Waals surface area contributed by atoms with Gasteiger partial charge in [0.15, 0.2) is 0 Å². The maximum atomic E-state index is 12.2. The number of piperidine rings is 1. The van der Waals surface area contributed by atoms with Crippen LogP contribution in [0.5, 0.6) is 0 Å². The summed E-state index contributed by atoms with van der Waals surface area (Å²) in [5.41, 5.74) is 0. The number of amidine groups is 1. The summed E-state index contributed by atoms with van der Waals surface area (Å²) in [6, 6.07) is 0. The third-order valence-electron chi connectivity index (χ3n) is 5.43. The number of hydrogen-bond donors (Lipinski definition) is 2. The molecule has 1 amide bonds. The summed E-state index contributed by atoms with van der Waals surface area (Å²) in [5.74, 6) is 2.58. The molecular weight excluding hydrogens is 228 g/mol. The molecule has 2 aliphatic carbocycles. The molecule has 1 heterocycles. The van der Waals surface area contributed by atoms with E-state index in [0.29, 0.717) is 30.1 Å². The van der Waals surface area contributed by atoms with Crippen molar-refractivity contribution < 1.29 is 9.90 Å². The molecule has 0 spiro atoms. The number of nitrogens with zero attached hydrogens (tertiary/aromatic N) is 1. The molecule has 3 aliphatic rings. The van der Waals surface area contributed by atoms with E-state index in [1.165, 1.54) is 6.42 Å². The third-order valence-corrected chi connectivity index (χ3v) is 5.43. The minimum Gasteiger partial charge on any atom is -0.393 e. The quantitative estimate of drug-likeness (QED) is 0.678. The maximum Gasteiger partial charge on any atom is 0.228 e. The van der Waals surface area contributed by atoms with Gasteiger partial charge in [-0.25, -0.2) is 0 Å². The molecule has 4 heteroatoms. The molecule has 1 saturated heterocycles. The largest absolute Gasteiger partial charge is 0.393 e. The molecule has 2 saturated carbocycles. The number of rotatable bonds is 0. The molecule has 18 heavy (non-hydrogen) atoms. The molecule has 3 rings (SSSR count). The number of carbonyl (C=O) groups excluding carboxylic acids is 1. The van der Waals surface area contributed by atoms with Gasteiger partial charge in [0.05, 0.1) is 6.10 Å². The predicted octanol–water partition coefficient (Wildman–Crippen LogP) is 1.19. The standard InChI is InChI=1S/C14H22N2O2/c1-7-8-4-3-5-9-12(8)10(6-11(7)17)14(18)16-13(9)15-2/h7-12,17H,3-6H2,1-2H3,(H,15,16,18). The summed E-state index contributed by atoms with van der Waals surface area (Å²) >= 11 is 0. The molecule has 0 aromatic heterocycles. The maximum absolute atomic E-state index is 12.2. The molecule has 100 valence electrons. The molecule has 0 bridgehead atoms. The van der Waals surface area contributed by atoms with Crippen molar-refractivity contribution >= 4 is 11.7 Å². The van der Waals surface area contributed by atoms with Crippen LogP contribution in [-0.2, 0) is 4.79 Å².